The van der Waals surface area contributed by atoms with E-state index in [1.165, 1.54) is 4.68 Å². The van der Waals surface area contributed by atoms with Crippen LogP contribution in [0.2, 0.25) is 5.02 Å². The second kappa shape index (κ2) is 4.30. The maximum Gasteiger partial charge on any atom is 0.294 e. The first kappa shape index (κ1) is 11.8. The van der Waals surface area contributed by atoms with Gasteiger partial charge in [0.25, 0.3) is 5.56 Å². The van der Waals surface area contributed by atoms with Crippen molar-refractivity contribution in [3.05, 3.63) is 45.3 Å². The Bertz CT molecular complexity index is 613. The summed E-state index contributed by atoms with van der Waals surface area (Å²) in [5.74, 6) is 0. The Balaban J connectivity index is 2.72. The van der Waals surface area contributed by atoms with E-state index in [0.717, 1.165) is 11.4 Å². The summed E-state index contributed by atoms with van der Waals surface area (Å²) in [5, 5.41) is 0.590. The molecule has 0 saturated heterocycles. The first-order valence-corrected chi connectivity index (χ1v) is 5.76. The fourth-order valence-corrected chi connectivity index (χ4v) is 2.17. The van der Waals surface area contributed by atoms with Crippen LogP contribution < -0.4 is 11.3 Å². The monoisotopic (exact) mass is 251 g/mol. The van der Waals surface area contributed by atoms with Crippen LogP contribution in [0, 0.1) is 0 Å². The molecular weight excluding hydrogens is 238 g/mol. The molecule has 1 heterocycles. The minimum Gasteiger partial charge on any atom is -0.393 e. The van der Waals surface area contributed by atoms with Gasteiger partial charge in [0.05, 0.1) is 11.4 Å². The topological polar surface area (TPSA) is 53.0 Å². The van der Waals surface area contributed by atoms with Crippen LogP contribution in [0.1, 0.15) is 12.6 Å². The number of benzene rings is 1. The van der Waals surface area contributed by atoms with Crippen molar-refractivity contribution in [1.82, 2.24) is 9.36 Å². The van der Waals surface area contributed by atoms with Gasteiger partial charge in [-0.05, 0) is 24.6 Å². The number of anilines is 1. The van der Waals surface area contributed by atoms with Gasteiger partial charge in [-0.3, -0.25) is 9.48 Å². The number of nitrogens with zero attached hydrogens (tertiary/aromatic N) is 2. The third-order valence-electron chi connectivity index (χ3n) is 2.81. The Morgan fingerprint density at radius 2 is 2.12 bits per heavy atom. The van der Waals surface area contributed by atoms with Crippen molar-refractivity contribution in [2.75, 3.05) is 5.73 Å². The molecule has 17 heavy (non-hydrogen) atoms. The van der Waals surface area contributed by atoms with Crippen molar-refractivity contribution in [2.45, 2.75) is 13.3 Å². The maximum absolute atomic E-state index is 12.1. The summed E-state index contributed by atoms with van der Waals surface area (Å²) in [4.78, 5) is 12.1. The highest BCUT2D eigenvalue weighted by Crippen LogP contribution is 2.16. The number of rotatable bonds is 2. The summed E-state index contributed by atoms with van der Waals surface area (Å²) in [7, 11) is 1.82. The molecule has 2 rings (SSSR count). The predicted octanol–water partition coefficient (Wildman–Crippen LogP) is 1.97. The van der Waals surface area contributed by atoms with Crippen LogP contribution in [-0.2, 0) is 13.5 Å². The Morgan fingerprint density at radius 3 is 2.65 bits per heavy atom. The Morgan fingerprint density at radius 1 is 1.41 bits per heavy atom. The SMILES string of the molecule is CCc1c(N)c(=O)n(-c2cccc(Cl)c2)n1C. The lowest BCUT2D eigenvalue weighted by Crippen LogP contribution is -2.20. The minimum atomic E-state index is -0.202. The fraction of sp³-hybridized carbons (Fsp3) is 0.250. The number of hydrogen-bond acceptors (Lipinski definition) is 2. The Hall–Kier alpha value is -1.68. The van der Waals surface area contributed by atoms with Crippen LogP contribution in [0.4, 0.5) is 5.69 Å². The zero-order valence-corrected chi connectivity index (χ0v) is 10.5. The van der Waals surface area contributed by atoms with Crippen LogP contribution >= 0.6 is 11.6 Å². The quantitative estimate of drug-likeness (QED) is 0.887. The largest absolute Gasteiger partial charge is 0.393 e. The lowest BCUT2D eigenvalue weighted by atomic mass is 10.3. The molecule has 0 saturated carbocycles. The summed E-state index contributed by atoms with van der Waals surface area (Å²) >= 11 is 5.92. The second-order valence-corrected chi connectivity index (χ2v) is 4.27. The van der Waals surface area contributed by atoms with Gasteiger partial charge in [-0.2, -0.15) is 0 Å². The molecular formula is C12H14ClN3O. The molecule has 2 aromatic rings. The summed E-state index contributed by atoms with van der Waals surface area (Å²) < 4.78 is 3.30. The number of hydrogen-bond donors (Lipinski definition) is 1. The summed E-state index contributed by atoms with van der Waals surface area (Å²) in [6.07, 6.45) is 0.713. The fourth-order valence-electron chi connectivity index (χ4n) is 1.99. The van der Waals surface area contributed by atoms with E-state index in [1.54, 1.807) is 22.9 Å². The number of halogens is 1. The number of nitrogen functional groups attached to an aromatic ring is 1. The van der Waals surface area contributed by atoms with Crippen LogP contribution in [0.3, 0.4) is 0 Å². The molecule has 0 aliphatic heterocycles. The zero-order chi connectivity index (χ0) is 12.6. The van der Waals surface area contributed by atoms with Crippen molar-refractivity contribution in [2.24, 2.45) is 7.05 Å². The van der Waals surface area contributed by atoms with Gasteiger partial charge in [-0.25, -0.2) is 4.68 Å². The number of aromatic nitrogens is 2. The standard InChI is InChI=1S/C12H14ClN3O/c1-3-10-11(14)12(17)16(15(10)2)9-6-4-5-8(13)7-9/h4-7H,3,14H2,1-2H3. The van der Waals surface area contributed by atoms with Gasteiger partial charge in [-0.1, -0.05) is 24.6 Å². The third-order valence-corrected chi connectivity index (χ3v) is 3.05. The molecule has 1 aromatic heterocycles. The highest BCUT2D eigenvalue weighted by molar-refractivity contribution is 6.30. The van der Waals surface area contributed by atoms with E-state index in [2.05, 4.69) is 0 Å². The van der Waals surface area contributed by atoms with Gasteiger partial charge in [0.2, 0.25) is 0 Å². The van der Waals surface area contributed by atoms with Gasteiger partial charge >= 0.3 is 0 Å². The van der Waals surface area contributed by atoms with Crippen LogP contribution in [0.5, 0.6) is 0 Å². The first-order valence-electron chi connectivity index (χ1n) is 5.38. The summed E-state index contributed by atoms with van der Waals surface area (Å²) in [6, 6.07) is 7.13. The van der Waals surface area contributed by atoms with Crippen LogP contribution in [0.25, 0.3) is 5.69 Å². The molecule has 2 N–H and O–H groups in total. The predicted molar refractivity (Wildman–Crippen MR) is 69.8 cm³/mol. The lowest BCUT2D eigenvalue weighted by Gasteiger charge is -2.09. The van der Waals surface area contributed by atoms with E-state index in [9.17, 15) is 4.79 Å². The van der Waals surface area contributed by atoms with Crippen molar-refractivity contribution in [3.8, 4) is 5.69 Å². The number of nitrogens with two attached hydrogens (primary N) is 1. The average Bonchev–Trinajstić information content (AvgIpc) is 2.50. The van der Waals surface area contributed by atoms with Gasteiger partial charge < -0.3 is 5.73 Å². The molecule has 0 unspecified atom stereocenters. The highest BCUT2D eigenvalue weighted by atomic mass is 35.5. The zero-order valence-electron chi connectivity index (χ0n) is 9.77. The van der Waals surface area contributed by atoms with Crippen molar-refractivity contribution >= 4 is 17.3 Å². The summed E-state index contributed by atoms with van der Waals surface area (Å²) in [6.45, 7) is 1.97. The maximum atomic E-state index is 12.1. The molecule has 1 aromatic carbocycles. The Kier molecular flexibility index (Phi) is 2.98. The molecule has 0 bridgehead atoms. The smallest absolute Gasteiger partial charge is 0.294 e. The lowest BCUT2D eigenvalue weighted by molar-refractivity contribution is 0.618. The molecule has 0 atom stereocenters. The third kappa shape index (κ3) is 1.85. The van der Waals surface area contributed by atoms with E-state index in [0.29, 0.717) is 17.1 Å². The van der Waals surface area contributed by atoms with E-state index in [4.69, 9.17) is 17.3 Å². The van der Waals surface area contributed by atoms with E-state index < -0.39 is 0 Å². The molecule has 0 aliphatic carbocycles. The normalized spacial score (nSPS) is 10.8. The molecule has 90 valence electrons. The summed E-state index contributed by atoms with van der Waals surface area (Å²) in [5.41, 5.74) is 7.45. The van der Waals surface area contributed by atoms with E-state index >= 15 is 0 Å². The van der Waals surface area contributed by atoms with Gasteiger partial charge in [0.15, 0.2) is 0 Å². The highest BCUT2D eigenvalue weighted by Gasteiger charge is 2.14. The van der Waals surface area contributed by atoms with Gasteiger partial charge in [-0.15, -0.1) is 0 Å². The van der Waals surface area contributed by atoms with Crippen LogP contribution in [-0.4, -0.2) is 9.36 Å². The molecule has 5 heteroatoms. The van der Waals surface area contributed by atoms with Crippen molar-refractivity contribution in [1.29, 1.82) is 0 Å². The molecule has 0 amide bonds. The van der Waals surface area contributed by atoms with Gasteiger partial charge in [0.1, 0.15) is 5.69 Å². The molecule has 0 radical (unpaired) electrons. The van der Waals surface area contributed by atoms with E-state index in [-0.39, 0.29) is 5.56 Å². The molecule has 0 fully saturated rings. The van der Waals surface area contributed by atoms with Crippen molar-refractivity contribution < 1.29 is 0 Å². The Labute approximate surface area is 104 Å². The van der Waals surface area contributed by atoms with Gasteiger partial charge in [0, 0.05) is 12.1 Å². The minimum absolute atomic E-state index is 0.202. The van der Waals surface area contributed by atoms with Crippen molar-refractivity contribution in [3.63, 3.8) is 0 Å². The van der Waals surface area contributed by atoms with E-state index in [1.807, 2.05) is 20.0 Å². The molecule has 0 spiro atoms. The second-order valence-electron chi connectivity index (χ2n) is 3.83. The molecule has 0 aliphatic rings. The van der Waals surface area contributed by atoms with Crippen LogP contribution in [0.15, 0.2) is 29.1 Å². The first-order chi connectivity index (χ1) is 8.06. The average molecular weight is 252 g/mol. The molecule has 4 nitrogen and oxygen atoms in total.